The van der Waals surface area contributed by atoms with E-state index >= 15 is 0 Å². The number of halogens is 3. The lowest BCUT2D eigenvalue weighted by molar-refractivity contribution is -0.218. The van der Waals surface area contributed by atoms with E-state index in [0.717, 1.165) is 19.3 Å². The molecule has 4 nitrogen and oxygen atoms in total. The van der Waals surface area contributed by atoms with Crippen LogP contribution in [0.3, 0.4) is 0 Å². The molecular weight excluding hydrogens is 439 g/mol. The lowest BCUT2D eigenvalue weighted by Gasteiger charge is -2.11. The summed E-state index contributed by atoms with van der Waals surface area (Å²) in [6, 6.07) is 0. The summed E-state index contributed by atoms with van der Waals surface area (Å²) in [5, 5.41) is 11.3. The predicted octanol–water partition coefficient (Wildman–Crippen LogP) is 7.81. The molecule has 0 aliphatic rings. The first-order chi connectivity index (χ1) is 15.2. The molecule has 0 saturated carbocycles. The van der Waals surface area contributed by atoms with Crippen LogP contribution in [0.15, 0.2) is 4.40 Å². The van der Waals surface area contributed by atoms with Crippen molar-refractivity contribution in [2.24, 2.45) is 4.40 Å². The molecule has 192 valence electrons. The van der Waals surface area contributed by atoms with Gasteiger partial charge in [-0.25, -0.2) is 0 Å². The van der Waals surface area contributed by atoms with E-state index in [-0.39, 0.29) is 6.42 Å². The van der Waals surface area contributed by atoms with Crippen LogP contribution in [0, 0.1) is 0 Å². The summed E-state index contributed by atoms with van der Waals surface area (Å²) in [6.45, 7) is 2.25. The highest BCUT2D eigenvalue weighted by Gasteiger charge is 2.45. The Morgan fingerprint density at radius 3 is 1.19 bits per heavy atom. The number of nitrogens with zero attached hydrogens (tertiary/aromatic N) is 1. The van der Waals surface area contributed by atoms with E-state index in [0.29, 0.717) is 12.8 Å². The molecule has 0 aromatic carbocycles. The molecule has 32 heavy (non-hydrogen) atoms. The molecule has 0 bridgehead atoms. The van der Waals surface area contributed by atoms with Crippen molar-refractivity contribution in [3.63, 3.8) is 0 Å². The lowest BCUT2D eigenvalue weighted by atomic mass is 10.0. The molecule has 0 N–H and O–H groups in total. The molecule has 8 heteroatoms. The highest BCUT2D eigenvalue weighted by atomic mass is 32.2. The van der Waals surface area contributed by atoms with Crippen molar-refractivity contribution in [2.75, 3.05) is 0 Å². The minimum Gasteiger partial charge on any atom is -0.861 e. The maximum Gasteiger partial charge on any atom is 0.518 e. The van der Waals surface area contributed by atoms with Crippen LogP contribution in [0.1, 0.15) is 142 Å². The number of alkyl halides is 3. The Morgan fingerprint density at radius 2 is 0.906 bits per heavy atom. The quantitative estimate of drug-likeness (QED) is 0.0894. The Labute approximate surface area is 194 Å². The van der Waals surface area contributed by atoms with Crippen LogP contribution in [-0.4, -0.2) is 19.8 Å². The summed E-state index contributed by atoms with van der Waals surface area (Å²) in [6.07, 6.45) is 24.0. The topological polar surface area (TPSA) is 69.6 Å². The van der Waals surface area contributed by atoms with E-state index in [1.54, 1.807) is 0 Å². The van der Waals surface area contributed by atoms with Crippen LogP contribution in [-0.2, 0) is 10.0 Å². The number of sulfonamides is 1. The zero-order valence-corrected chi connectivity index (χ0v) is 20.9. The van der Waals surface area contributed by atoms with Gasteiger partial charge in [0, 0.05) is 0 Å². The average Bonchev–Trinajstić information content (AvgIpc) is 2.71. The van der Waals surface area contributed by atoms with Gasteiger partial charge >= 0.3 is 15.5 Å². The molecule has 0 radical (unpaired) electrons. The van der Waals surface area contributed by atoms with Crippen LogP contribution < -0.4 is 5.11 Å². The molecule has 0 amide bonds. The third-order valence-corrected chi connectivity index (χ3v) is 6.79. The molecular formula is C24H45F3NO3S-. The Kier molecular flexibility index (Phi) is 19.2. The first-order valence-electron chi connectivity index (χ1n) is 12.8. The summed E-state index contributed by atoms with van der Waals surface area (Å²) in [5.74, 6) is -1.22. The van der Waals surface area contributed by atoms with Gasteiger partial charge in [0.15, 0.2) is 0 Å². The van der Waals surface area contributed by atoms with Gasteiger partial charge in [0.2, 0.25) is 0 Å². The Hall–Kier alpha value is -0.790. The fourth-order valence-electron chi connectivity index (χ4n) is 3.76. The number of unbranched alkanes of at least 4 members (excludes halogenated alkanes) is 19. The molecule has 0 aliphatic carbocycles. The van der Waals surface area contributed by atoms with Crippen LogP contribution in [0.25, 0.3) is 0 Å². The molecule has 0 fully saturated rings. The summed E-state index contributed by atoms with van der Waals surface area (Å²) >= 11 is 0. The standard InChI is InChI=1S/C24H46F3NO3S/c1-2-3-4-5-6-7-8-9-10-11-12-13-14-15-16-17-18-19-20-21-22-23(29)28-32(30,31)24(25,26)27/h2-22H2,1H3,(H,28,29)/p-1. The van der Waals surface area contributed by atoms with Gasteiger partial charge in [0.1, 0.15) is 0 Å². The second-order valence-electron chi connectivity index (χ2n) is 8.87. The molecule has 0 aromatic heterocycles. The van der Waals surface area contributed by atoms with Gasteiger partial charge in [-0.2, -0.15) is 26.0 Å². The van der Waals surface area contributed by atoms with Gasteiger partial charge < -0.3 is 5.11 Å². The first kappa shape index (κ1) is 31.2. The van der Waals surface area contributed by atoms with Crippen LogP contribution in [0.5, 0.6) is 0 Å². The lowest BCUT2D eigenvalue weighted by Crippen LogP contribution is -2.26. The molecule has 0 heterocycles. The van der Waals surface area contributed by atoms with E-state index in [9.17, 15) is 26.7 Å². The molecule has 0 saturated heterocycles. The molecule has 0 aliphatic heterocycles. The van der Waals surface area contributed by atoms with Crippen molar-refractivity contribution in [1.82, 2.24) is 0 Å². The van der Waals surface area contributed by atoms with E-state index in [2.05, 4.69) is 11.3 Å². The smallest absolute Gasteiger partial charge is 0.518 e. The van der Waals surface area contributed by atoms with Crippen molar-refractivity contribution in [3.8, 4) is 0 Å². The fraction of sp³-hybridized carbons (Fsp3) is 0.958. The van der Waals surface area contributed by atoms with Crippen molar-refractivity contribution in [1.29, 1.82) is 0 Å². The van der Waals surface area contributed by atoms with Crippen molar-refractivity contribution < 1.29 is 26.7 Å². The Balaban J connectivity index is 3.35. The maximum absolute atomic E-state index is 12.1. The van der Waals surface area contributed by atoms with Crippen LogP contribution in [0.4, 0.5) is 13.2 Å². The zero-order chi connectivity index (χ0) is 24.1. The number of hydrogen-bond donors (Lipinski definition) is 0. The molecule has 0 unspecified atom stereocenters. The zero-order valence-electron chi connectivity index (χ0n) is 20.1. The summed E-state index contributed by atoms with van der Waals surface area (Å²) in [4.78, 5) is 0. The average molecular weight is 485 g/mol. The van der Waals surface area contributed by atoms with Crippen molar-refractivity contribution in [2.45, 2.75) is 147 Å². The van der Waals surface area contributed by atoms with E-state index in [4.69, 9.17) is 0 Å². The van der Waals surface area contributed by atoms with Crippen molar-refractivity contribution in [3.05, 3.63) is 0 Å². The number of rotatable bonds is 22. The first-order valence-corrected chi connectivity index (χ1v) is 14.2. The highest BCUT2D eigenvalue weighted by Crippen LogP contribution is 2.24. The van der Waals surface area contributed by atoms with Gasteiger partial charge in [-0.3, -0.25) is 0 Å². The van der Waals surface area contributed by atoms with Crippen molar-refractivity contribution >= 4 is 15.9 Å². The molecule has 0 spiro atoms. The van der Waals surface area contributed by atoms with Gasteiger partial charge in [0.05, 0.1) is 0 Å². The van der Waals surface area contributed by atoms with E-state index < -0.39 is 21.4 Å². The maximum atomic E-state index is 12.1. The summed E-state index contributed by atoms with van der Waals surface area (Å²) in [7, 11) is -5.70. The normalized spacial score (nSPS) is 13.1. The fourth-order valence-corrected chi connectivity index (χ4v) is 4.23. The van der Waals surface area contributed by atoms with Crippen LogP contribution >= 0.6 is 0 Å². The third-order valence-electron chi connectivity index (χ3n) is 5.76. The third kappa shape index (κ3) is 18.8. The monoisotopic (exact) mass is 484 g/mol. The highest BCUT2D eigenvalue weighted by molar-refractivity contribution is 7.91. The predicted molar refractivity (Wildman–Crippen MR) is 125 cm³/mol. The van der Waals surface area contributed by atoms with Gasteiger partial charge in [-0.15, -0.1) is 0 Å². The minimum absolute atomic E-state index is 0.256. The van der Waals surface area contributed by atoms with Crippen LogP contribution in [0.2, 0.25) is 0 Å². The van der Waals surface area contributed by atoms with Gasteiger partial charge in [-0.05, 0) is 18.7 Å². The Bertz CT molecular complexity index is 563. The molecule has 0 aromatic rings. The number of hydrogen-bond acceptors (Lipinski definition) is 3. The summed E-state index contributed by atoms with van der Waals surface area (Å²) in [5.41, 5.74) is -5.50. The van der Waals surface area contributed by atoms with E-state index in [1.165, 1.54) is 96.3 Å². The molecule has 0 rings (SSSR count). The van der Waals surface area contributed by atoms with E-state index in [1.807, 2.05) is 0 Å². The second kappa shape index (κ2) is 19.7. The van der Waals surface area contributed by atoms with Gasteiger partial charge in [0.25, 0.3) is 0 Å². The Morgan fingerprint density at radius 1 is 0.625 bits per heavy atom. The molecule has 0 atom stereocenters. The minimum atomic E-state index is -5.70. The summed E-state index contributed by atoms with van der Waals surface area (Å²) < 4.78 is 60.2. The largest absolute Gasteiger partial charge is 0.861 e. The SMILES string of the molecule is CCCCCCCCCCCCCCCCCCCCCC/C([O-])=N/S(=O)(=O)C(F)(F)F. The van der Waals surface area contributed by atoms with Gasteiger partial charge in [-0.1, -0.05) is 129 Å². The second-order valence-corrected chi connectivity index (χ2v) is 10.5.